The Morgan fingerprint density at radius 3 is 2.81 bits per heavy atom. The molecule has 0 radical (unpaired) electrons. The molecule has 0 spiro atoms. The first-order valence-corrected chi connectivity index (χ1v) is 14.0. The van der Waals surface area contributed by atoms with Crippen molar-refractivity contribution in [2.24, 2.45) is 40.7 Å². The predicted molar refractivity (Wildman–Crippen MR) is 145 cm³/mol. The third-order valence-corrected chi connectivity index (χ3v) is 9.79. The van der Waals surface area contributed by atoms with Crippen LogP contribution < -0.4 is 11.1 Å². The van der Waals surface area contributed by atoms with Crippen LogP contribution in [0.25, 0.3) is 0 Å². The molecule has 1 saturated heterocycles. The van der Waals surface area contributed by atoms with E-state index in [2.05, 4.69) is 43.6 Å². The van der Waals surface area contributed by atoms with Crippen molar-refractivity contribution in [1.82, 2.24) is 10.2 Å². The van der Waals surface area contributed by atoms with E-state index in [1.54, 1.807) is 6.08 Å². The maximum atomic E-state index is 13.7. The Kier molecular flexibility index (Phi) is 6.89. The van der Waals surface area contributed by atoms with E-state index in [4.69, 9.17) is 17.3 Å². The monoisotopic (exact) mass is 513 g/mol. The quantitative estimate of drug-likeness (QED) is 0.343. The van der Waals surface area contributed by atoms with Gasteiger partial charge in [0, 0.05) is 34.6 Å². The number of halogens is 2. The number of amides is 1. The molecule has 6 heteroatoms. The molecule has 196 valence electrons. The number of hydrogen-bond donors (Lipinski definition) is 2. The lowest BCUT2D eigenvalue weighted by Crippen LogP contribution is -2.46. The van der Waals surface area contributed by atoms with Crippen LogP contribution in [0.2, 0.25) is 0 Å². The number of hydrogen-bond acceptors (Lipinski definition) is 3. The minimum absolute atomic E-state index is 0.0369. The van der Waals surface area contributed by atoms with Gasteiger partial charge in [0.2, 0.25) is 5.91 Å². The zero-order valence-corrected chi connectivity index (χ0v) is 22.6. The Hall–Kier alpha value is -1.69. The van der Waals surface area contributed by atoms with Crippen molar-refractivity contribution in [3.05, 3.63) is 59.2 Å². The molecule has 8 atom stereocenters. The minimum atomic E-state index is -0.872. The molecule has 3 saturated carbocycles. The average molecular weight is 514 g/mol. The van der Waals surface area contributed by atoms with Crippen LogP contribution in [-0.4, -0.2) is 48.2 Å². The highest BCUT2D eigenvalue weighted by Crippen LogP contribution is 2.67. The number of allylic oxidation sites excluding steroid dienone is 7. The van der Waals surface area contributed by atoms with Crippen molar-refractivity contribution in [3.63, 3.8) is 0 Å². The summed E-state index contributed by atoms with van der Waals surface area (Å²) in [6.45, 7) is 13.7. The van der Waals surface area contributed by atoms with Gasteiger partial charge in [-0.25, -0.2) is 4.39 Å². The number of nitrogens with zero attached hydrogens (tertiary/aromatic N) is 1. The highest BCUT2D eigenvalue weighted by molar-refractivity contribution is 6.30. The summed E-state index contributed by atoms with van der Waals surface area (Å²) in [4.78, 5) is 15.5. The van der Waals surface area contributed by atoms with E-state index in [-0.39, 0.29) is 23.4 Å². The van der Waals surface area contributed by atoms with Gasteiger partial charge in [-0.05, 0) is 79.5 Å². The van der Waals surface area contributed by atoms with Crippen molar-refractivity contribution < 1.29 is 9.18 Å². The van der Waals surface area contributed by atoms with Gasteiger partial charge >= 0.3 is 0 Å². The van der Waals surface area contributed by atoms with Gasteiger partial charge in [-0.1, -0.05) is 69.3 Å². The van der Waals surface area contributed by atoms with Gasteiger partial charge in [-0.3, -0.25) is 9.69 Å². The summed E-state index contributed by atoms with van der Waals surface area (Å²) in [6, 6.07) is -0.0669. The van der Waals surface area contributed by atoms with E-state index in [9.17, 15) is 9.18 Å². The molecule has 0 aromatic carbocycles. The SMILES string of the molecule is C=C(Cl)/C=C\C1(N2CCC(C)(C)CC2)C(C2C[C@H]2C(N)CNC(=O)C2=CC=CC3C(=CC2)C3F)[C@H]1C. The Bertz CT molecular complexity index is 1030. The molecule has 5 aliphatic rings. The first-order valence-electron chi connectivity index (χ1n) is 13.6. The number of carbonyl (C=O) groups is 1. The molecule has 6 unspecified atom stereocenters. The van der Waals surface area contributed by atoms with Gasteiger partial charge < -0.3 is 11.1 Å². The number of rotatable bonds is 8. The molecular formula is C30H41ClFN3O. The fraction of sp³-hybridized carbons (Fsp3) is 0.633. The number of alkyl halides is 1. The van der Waals surface area contributed by atoms with Crippen molar-refractivity contribution in [2.45, 2.75) is 64.2 Å². The van der Waals surface area contributed by atoms with Crippen LogP contribution in [-0.2, 0) is 4.79 Å². The van der Waals surface area contributed by atoms with Crippen LogP contribution in [0.5, 0.6) is 0 Å². The molecular weight excluding hydrogens is 473 g/mol. The molecule has 0 aromatic heterocycles. The summed E-state index contributed by atoms with van der Waals surface area (Å²) in [6.07, 6.45) is 14.7. The summed E-state index contributed by atoms with van der Waals surface area (Å²) in [5.74, 6) is 1.90. The Morgan fingerprint density at radius 2 is 2.11 bits per heavy atom. The molecule has 1 amide bonds. The molecule has 0 aromatic rings. The smallest absolute Gasteiger partial charge is 0.247 e. The maximum absolute atomic E-state index is 13.7. The fourth-order valence-corrected chi connectivity index (χ4v) is 7.07. The zero-order chi connectivity index (χ0) is 25.8. The molecule has 4 nitrogen and oxygen atoms in total. The normalized spacial score (nSPS) is 39.8. The van der Waals surface area contributed by atoms with Gasteiger partial charge in [0.1, 0.15) is 6.17 Å². The zero-order valence-electron chi connectivity index (χ0n) is 21.9. The second-order valence-electron chi connectivity index (χ2n) is 12.5. The average Bonchev–Trinajstić information content (AvgIpc) is 3.74. The van der Waals surface area contributed by atoms with Crippen molar-refractivity contribution in [1.29, 1.82) is 0 Å². The molecule has 0 bridgehead atoms. The molecule has 3 N–H and O–H groups in total. The van der Waals surface area contributed by atoms with E-state index in [1.807, 2.05) is 24.3 Å². The summed E-state index contributed by atoms with van der Waals surface area (Å²) < 4.78 is 13.7. The molecule has 1 aliphatic heterocycles. The number of nitrogens with two attached hydrogens (primary N) is 1. The summed E-state index contributed by atoms with van der Waals surface area (Å²) in [5.41, 5.74) is 8.51. The van der Waals surface area contributed by atoms with Gasteiger partial charge in [-0.2, -0.15) is 0 Å². The highest BCUT2D eigenvalue weighted by atomic mass is 35.5. The van der Waals surface area contributed by atoms with E-state index in [0.29, 0.717) is 52.7 Å². The molecule has 4 aliphatic carbocycles. The Balaban J connectivity index is 1.18. The molecule has 5 rings (SSSR count). The second kappa shape index (κ2) is 9.56. The topological polar surface area (TPSA) is 58.4 Å². The summed E-state index contributed by atoms with van der Waals surface area (Å²) in [5, 5.41) is 3.62. The van der Waals surface area contributed by atoms with Crippen LogP contribution in [0, 0.1) is 35.0 Å². The number of fused-ring (bicyclic) bond motifs is 1. The van der Waals surface area contributed by atoms with Crippen LogP contribution in [0.4, 0.5) is 4.39 Å². The van der Waals surface area contributed by atoms with Gasteiger partial charge in [0.25, 0.3) is 0 Å². The first-order chi connectivity index (χ1) is 17.0. The van der Waals surface area contributed by atoms with Crippen molar-refractivity contribution in [2.75, 3.05) is 19.6 Å². The number of nitrogens with one attached hydrogen (secondary N) is 1. The lowest BCUT2D eigenvalue weighted by molar-refractivity contribution is -0.117. The maximum Gasteiger partial charge on any atom is 0.247 e. The number of carbonyl (C=O) groups excluding carboxylic acids is 1. The Labute approximate surface area is 220 Å². The van der Waals surface area contributed by atoms with Crippen LogP contribution >= 0.6 is 11.6 Å². The fourth-order valence-electron chi connectivity index (χ4n) is 7.00. The predicted octanol–water partition coefficient (Wildman–Crippen LogP) is 5.28. The highest BCUT2D eigenvalue weighted by Gasteiger charge is 2.70. The summed E-state index contributed by atoms with van der Waals surface area (Å²) in [7, 11) is 0. The second-order valence-corrected chi connectivity index (χ2v) is 13.0. The third-order valence-electron chi connectivity index (χ3n) is 9.66. The summed E-state index contributed by atoms with van der Waals surface area (Å²) >= 11 is 6.15. The molecule has 36 heavy (non-hydrogen) atoms. The van der Waals surface area contributed by atoms with Crippen molar-refractivity contribution in [3.8, 4) is 0 Å². The van der Waals surface area contributed by atoms with E-state index in [0.717, 1.165) is 25.1 Å². The third kappa shape index (κ3) is 4.91. The lowest BCUT2D eigenvalue weighted by Gasteiger charge is -2.41. The number of likely N-dealkylation sites (tertiary alicyclic amines) is 1. The standard InChI is InChI=1S/C30H41ClFN3O/c1-18(31)10-11-30(35-14-12-29(3,4)13-15-35)19(2)26(30)24-16-23(24)25(33)17-34-28(36)20-6-5-7-21-22(9-8-20)27(21)32/h5-7,9-11,19,21,23-27H,1,8,12-17,33H2,2-4H3,(H,34,36)/b7-5?,11-10-,20-6?,22-9?/t19-,21?,23-,24?,25?,26?,27?,30?/m1/s1. The Morgan fingerprint density at radius 1 is 1.39 bits per heavy atom. The number of piperidine rings is 1. The lowest BCUT2D eigenvalue weighted by atomic mass is 9.81. The largest absolute Gasteiger partial charge is 0.351 e. The van der Waals surface area contributed by atoms with Crippen LogP contribution in [0.1, 0.15) is 46.5 Å². The van der Waals surface area contributed by atoms with Gasteiger partial charge in [-0.15, -0.1) is 0 Å². The molecule has 4 fully saturated rings. The van der Waals surface area contributed by atoms with Crippen LogP contribution in [0.3, 0.4) is 0 Å². The van der Waals surface area contributed by atoms with Crippen molar-refractivity contribution >= 4 is 17.5 Å². The molecule has 1 heterocycles. The first kappa shape index (κ1) is 25.9. The van der Waals surface area contributed by atoms with Gasteiger partial charge in [0.15, 0.2) is 0 Å². The van der Waals surface area contributed by atoms with Gasteiger partial charge in [0.05, 0.1) is 0 Å². The van der Waals surface area contributed by atoms with E-state index in [1.165, 1.54) is 12.8 Å². The van der Waals surface area contributed by atoms with E-state index >= 15 is 0 Å². The van der Waals surface area contributed by atoms with Crippen LogP contribution in [0.15, 0.2) is 59.2 Å². The minimum Gasteiger partial charge on any atom is -0.351 e. The van der Waals surface area contributed by atoms with E-state index < -0.39 is 6.17 Å².